The van der Waals surface area contributed by atoms with Crippen LogP contribution in [0.5, 0.6) is 5.75 Å². The fourth-order valence-corrected chi connectivity index (χ4v) is 3.61. The summed E-state index contributed by atoms with van der Waals surface area (Å²) in [6.07, 6.45) is 2.25. The van der Waals surface area contributed by atoms with E-state index in [2.05, 4.69) is 48.3 Å². The lowest BCUT2D eigenvalue weighted by molar-refractivity contribution is -0.140. The van der Waals surface area contributed by atoms with Crippen molar-refractivity contribution in [2.75, 3.05) is 24.5 Å². The largest absolute Gasteiger partial charge is 0.426 e. The number of fused-ring (bicyclic) bond motifs is 1. The van der Waals surface area contributed by atoms with Crippen LogP contribution in [0.3, 0.4) is 0 Å². The summed E-state index contributed by atoms with van der Waals surface area (Å²) in [5, 5.41) is 3.11. The zero-order chi connectivity index (χ0) is 18.1. The standard InChI is InChI=1S/C22H26N2O2/c1-15(2)16-8-9-21-17(11-16)5-4-10-24(21)19-6-3-7-20(12-19)26-22(25)18-13-23-14-18/h3,6-9,11-12,15,18,23H,4-5,10,13-14H2,1-2H3. The zero-order valence-corrected chi connectivity index (χ0v) is 15.5. The molecule has 1 N–H and O–H groups in total. The van der Waals surface area contributed by atoms with E-state index >= 15 is 0 Å². The normalized spacial score (nSPS) is 17.0. The van der Waals surface area contributed by atoms with Gasteiger partial charge in [-0.15, -0.1) is 0 Å². The van der Waals surface area contributed by atoms with Gasteiger partial charge >= 0.3 is 5.97 Å². The molecule has 0 atom stereocenters. The van der Waals surface area contributed by atoms with Crippen molar-refractivity contribution < 1.29 is 9.53 Å². The minimum Gasteiger partial charge on any atom is -0.426 e. The molecule has 1 saturated heterocycles. The van der Waals surface area contributed by atoms with E-state index < -0.39 is 0 Å². The second-order valence-corrected chi connectivity index (χ2v) is 7.57. The van der Waals surface area contributed by atoms with Crippen LogP contribution in [0.4, 0.5) is 11.4 Å². The summed E-state index contributed by atoms with van der Waals surface area (Å²) in [7, 11) is 0. The second-order valence-electron chi connectivity index (χ2n) is 7.57. The van der Waals surface area contributed by atoms with E-state index in [1.165, 1.54) is 16.8 Å². The highest BCUT2D eigenvalue weighted by atomic mass is 16.5. The molecule has 0 bridgehead atoms. The number of hydrogen-bond acceptors (Lipinski definition) is 4. The van der Waals surface area contributed by atoms with Gasteiger partial charge in [0.15, 0.2) is 0 Å². The Balaban J connectivity index is 1.58. The van der Waals surface area contributed by atoms with Gasteiger partial charge in [0.25, 0.3) is 0 Å². The van der Waals surface area contributed by atoms with Gasteiger partial charge in [0.05, 0.1) is 5.92 Å². The lowest BCUT2D eigenvalue weighted by Crippen LogP contribution is -2.48. The Kier molecular flexibility index (Phi) is 4.68. The maximum absolute atomic E-state index is 12.1. The molecule has 4 heteroatoms. The van der Waals surface area contributed by atoms with Crippen LogP contribution in [0.25, 0.3) is 0 Å². The van der Waals surface area contributed by atoms with Gasteiger partial charge in [-0.3, -0.25) is 4.79 Å². The molecule has 0 unspecified atom stereocenters. The quantitative estimate of drug-likeness (QED) is 0.668. The van der Waals surface area contributed by atoms with Crippen LogP contribution in [0.15, 0.2) is 42.5 Å². The van der Waals surface area contributed by atoms with E-state index in [0.29, 0.717) is 11.7 Å². The van der Waals surface area contributed by atoms with Gasteiger partial charge in [0.1, 0.15) is 5.75 Å². The first kappa shape index (κ1) is 17.1. The molecular weight excluding hydrogens is 324 g/mol. The predicted molar refractivity (Wildman–Crippen MR) is 104 cm³/mol. The van der Waals surface area contributed by atoms with Crippen molar-refractivity contribution in [3.63, 3.8) is 0 Å². The van der Waals surface area contributed by atoms with Gasteiger partial charge in [-0.2, -0.15) is 0 Å². The molecule has 4 rings (SSSR count). The Morgan fingerprint density at radius 1 is 1.19 bits per heavy atom. The molecule has 136 valence electrons. The highest BCUT2D eigenvalue weighted by Crippen LogP contribution is 2.36. The number of benzene rings is 2. The SMILES string of the molecule is CC(C)c1ccc2c(c1)CCCN2c1cccc(OC(=O)C2CNC2)c1. The van der Waals surface area contributed by atoms with Crippen molar-refractivity contribution >= 4 is 17.3 Å². The molecule has 0 saturated carbocycles. The molecule has 0 aliphatic carbocycles. The van der Waals surface area contributed by atoms with Crippen LogP contribution in [0, 0.1) is 5.92 Å². The molecule has 26 heavy (non-hydrogen) atoms. The molecule has 2 aromatic carbocycles. The molecule has 2 aliphatic rings. The molecule has 1 fully saturated rings. The highest BCUT2D eigenvalue weighted by Gasteiger charge is 2.27. The van der Waals surface area contributed by atoms with Crippen molar-refractivity contribution in [2.45, 2.75) is 32.6 Å². The Morgan fingerprint density at radius 2 is 2.04 bits per heavy atom. The Hall–Kier alpha value is -2.33. The van der Waals surface area contributed by atoms with E-state index in [-0.39, 0.29) is 11.9 Å². The summed E-state index contributed by atoms with van der Waals surface area (Å²) in [4.78, 5) is 14.4. The van der Waals surface area contributed by atoms with Crippen molar-refractivity contribution in [2.24, 2.45) is 5.92 Å². The number of carbonyl (C=O) groups is 1. The van der Waals surface area contributed by atoms with Gasteiger partial charge < -0.3 is 15.0 Å². The number of ether oxygens (including phenoxy) is 1. The molecular formula is C22H26N2O2. The first-order valence-electron chi connectivity index (χ1n) is 9.54. The fraction of sp³-hybridized carbons (Fsp3) is 0.409. The van der Waals surface area contributed by atoms with Gasteiger partial charge in [0, 0.05) is 37.1 Å². The smallest absolute Gasteiger partial charge is 0.316 e. The third kappa shape index (κ3) is 3.34. The summed E-state index contributed by atoms with van der Waals surface area (Å²) in [6, 6.07) is 14.7. The van der Waals surface area contributed by atoms with E-state index in [1.807, 2.05) is 18.2 Å². The average Bonchev–Trinajstić information content (AvgIpc) is 2.59. The first-order chi connectivity index (χ1) is 12.6. The first-order valence-corrected chi connectivity index (χ1v) is 9.54. The molecule has 2 aliphatic heterocycles. The number of anilines is 2. The summed E-state index contributed by atoms with van der Waals surface area (Å²) in [5.41, 5.74) is 5.15. The maximum atomic E-state index is 12.1. The monoisotopic (exact) mass is 350 g/mol. The van der Waals surface area contributed by atoms with Crippen molar-refractivity contribution in [1.29, 1.82) is 0 Å². The lowest BCUT2D eigenvalue weighted by atomic mass is 9.94. The van der Waals surface area contributed by atoms with Crippen molar-refractivity contribution in [3.8, 4) is 5.75 Å². The Labute approximate surface area is 155 Å². The minimum atomic E-state index is -0.137. The zero-order valence-electron chi connectivity index (χ0n) is 15.5. The highest BCUT2D eigenvalue weighted by molar-refractivity contribution is 5.77. The Bertz CT molecular complexity index is 812. The van der Waals surface area contributed by atoms with Crippen LogP contribution < -0.4 is 15.0 Å². The van der Waals surface area contributed by atoms with Gasteiger partial charge in [-0.1, -0.05) is 32.0 Å². The van der Waals surface area contributed by atoms with E-state index in [9.17, 15) is 4.79 Å². The molecule has 0 aromatic heterocycles. The lowest BCUT2D eigenvalue weighted by Gasteiger charge is -2.32. The molecule has 2 heterocycles. The van der Waals surface area contributed by atoms with E-state index in [4.69, 9.17) is 4.74 Å². The van der Waals surface area contributed by atoms with Crippen LogP contribution >= 0.6 is 0 Å². The number of nitrogens with zero attached hydrogens (tertiary/aromatic N) is 1. The third-order valence-corrected chi connectivity index (χ3v) is 5.35. The Morgan fingerprint density at radius 3 is 2.77 bits per heavy atom. The average molecular weight is 350 g/mol. The van der Waals surface area contributed by atoms with Crippen LogP contribution in [-0.2, 0) is 11.2 Å². The van der Waals surface area contributed by atoms with Crippen molar-refractivity contribution in [1.82, 2.24) is 5.32 Å². The number of nitrogens with one attached hydrogen (secondary N) is 1. The molecule has 0 amide bonds. The summed E-state index contributed by atoms with van der Waals surface area (Å²) in [5.74, 6) is 1.02. The number of carbonyl (C=O) groups excluding carboxylic acids is 1. The van der Waals surface area contributed by atoms with E-state index in [1.54, 1.807) is 0 Å². The number of aryl methyl sites for hydroxylation is 1. The van der Waals surface area contributed by atoms with E-state index in [0.717, 1.165) is 38.2 Å². The maximum Gasteiger partial charge on any atom is 0.316 e. The number of rotatable bonds is 4. The second kappa shape index (κ2) is 7.12. The molecule has 0 spiro atoms. The summed E-state index contributed by atoms with van der Waals surface area (Å²) >= 11 is 0. The molecule has 4 nitrogen and oxygen atoms in total. The number of esters is 1. The molecule has 0 radical (unpaired) electrons. The predicted octanol–water partition coefficient (Wildman–Crippen LogP) is 4.02. The fourth-order valence-electron chi connectivity index (χ4n) is 3.61. The van der Waals surface area contributed by atoms with Crippen LogP contribution in [0.1, 0.15) is 37.3 Å². The van der Waals surface area contributed by atoms with Crippen LogP contribution in [-0.4, -0.2) is 25.6 Å². The number of hydrogen-bond donors (Lipinski definition) is 1. The minimum absolute atomic E-state index is 0.0103. The van der Waals surface area contributed by atoms with Crippen molar-refractivity contribution in [3.05, 3.63) is 53.6 Å². The van der Waals surface area contributed by atoms with Crippen LogP contribution in [0.2, 0.25) is 0 Å². The van der Waals surface area contributed by atoms with Gasteiger partial charge in [-0.25, -0.2) is 0 Å². The third-order valence-electron chi connectivity index (χ3n) is 5.35. The summed E-state index contributed by atoms with van der Waals surface area (Å²) < 4.78 is 5.58. The summed E-state index contributed by atoms with van der Waals surface area (Å²) in [6.45, 7) is 6.89. The molecule has 2 aromatic rings. The van der Waals surface area contributed by atoms with Gasteiger partial charge in [-0.05, 0) is 48.1 Å². The van der Waals surface area contributed by atoms with Gasteiger partial charge in [0.2, 0.25) is 0 Å². The topological polar surface area (TPSA) is 41.6 Å².